The van der Waals surface area contributed by atoms with Crippen molar-refractivity contribution in [3.63, 3.8) is 0 Å². The van der Waals surface area contributed by atoms with Crippen LogP contribution in [0.4, 0.5) is 0 Å². The van der Waals surface area contributed by atoms with E-state index in [-0.39, 0.29) is 5.92 Å². The molecule has 2 rings (SSSR count). The van der Waals surface area contributed by atoms with E-state index >= 15 is 0 Å². The van der Waals surface area contributed by atoms with Crippen molar-refractivity contribution in [3.8, 4) is 0 Å². The van der Waals surface area contributed by atoms with Gasteiger partial charge in [0.25, 0.3) is 0 Å². The molecule has 2 aliphatic heterocycles. The first-order chi connectivity index (χ1) is 9.47. The Morgan fingerprint density at radius 1 is 1.05 bits per heavy atom. The molecular formula is C17H32N2O. The van der Waals surface area contributed by atoms with Crippen molar-refractivity contribution >= 4 is 5.78 Å². The summed E-state index contributed by atoms with van der Waals surface area (Å²) in [5.41, 5.74) is 0. The molecule has 1 unspecified atom stereocenters. The molecule has 0 aromatic heterocycles. The standard InChI is InChI=1S/C17H32N2O/c1-13(2)17(20)16-7-8-18(12-16)11-15-5-9-19(10-6-15)14(3)4/h13-16H,5-12H2,1-4H3. The Balaban J connectivity index is 1.72. The third-order valence-corrected chi connectivity index (χ3v) is 5.14. The molecule has 3 heteroatoms. The van der Waals surface area contributed by atoms with Crippen molar-refractivity contribution in [3.05, 3.63) is 0 Å². The molecule has 116 valence electrons. The minimum atomic E-state index is 0.203. The molecule has 0 radical (unpaired) electrons. The molecule has 2 saturated heterocycles. The Hall–Kier alpha value is -0.410. The zero-order chi connectivity index (χ0) is 14.7. The Bertz CT molecular complexity index is 319. The molecule has 0 spiro atoms. The van der Waals surface area contributed by atoms with E-state index < -0.39 is 0 Å². The third kappa shape index (κ3) is 4.05. The molecule has 0 saturated carbocycles. The fraction of sp³-hybridized carbons (Fsp3) is 0.941. The SMILES string of the molecule is CC(C)C(=O)C1CCN(CC2CCN(C(C)C)CC2)C1. The lowest BCUT2D eigenvalue weighted by Gasteiger charge is -2.36. The van der Waals surface area contributed by atoms with Crippen LogP contribution in [0.25, 0.3) is 0 Å². The molecule has 0 aliphatic carbocycles. The number of carbonyl (C=O) groups is 1. The molecule has 2 heterocycles. The van der Waals surface area contributed by atoms with Gasteiger partial charge in [-0.3, -0.25) is 4.79 Å². The summed E-state index contributed by atoms with van der Waals surface area (Å²) in [5, 5.41) is 0. The van der Waals surface area contributed by atoms with Crippen molar-refractivity contribution in [2.24, 2.45) is 17.8 Å². The van der Waals surface area contributed by atoms with Crippen LogP contribution in [0, 0.1) is 17.8 Å². The Labute approximate surface area is 124 Å². The second-order valence-electron chi connectivity index (χ2n) is 7.38. The van der Waals surface area contributed by atoms with Crippen LogP contribution >= 0.6 is 0 Å². The molecule has 0 amide bonds. The van der Waals surface area contributed by atoms with Crippen molar-refractivity contribution in [2.75, 3.05) is 32.7 Å². The summed E-state index contributed by atoms with van der Waals surface area (Å²) in [5.74, 6) is 1.83. The largest absolute Gasteiger partial charge is 0.302 e. The minimum Gasteiger partial charge on any atom is -0.302 e. The summed E-state index contributed by atoms with van der Waals surface area (Å²) in [6.45, 7) is 14.5. The van der Waals surface area contributed by atoms with E-state index in [4.69, 9.17) is 0 Å². The lowest BCUT2D eigenvalue weighted by Crippen LogP contribution is -2.41. The maximum atomic E-state index is 12.1. The maximum Gasteiger partial charge on any atom is 0.139 e. The zero-order valence-electron chi connectivity index (χ0n) is 13.8. The first-order valence-corrected chi connectivity index (χ1v) is 8.47. The van der Waals surface area contributed by atoms with Gasteiger partial charge in [0, 0.05) is 31.0 Å². The second-order valence-corrected chi connectivity index (χ2v) is 7.38. The number of carbonyl (C=O) groups excluding carboxylic acids is 1. The van der Waals surface area contributed by atoms with Crippen LogP contribution < -0.4 is 0 Å². The van der Waals surface area contributed by atoms with E-state index in [0.717, 1.165) is 25.4 Å². The Kier molecular flexibility index (Phi) is 5.62. The smallest absolute Gasteiger partial charge is 0.139 e. The van der Waals surface area contributed by atoms with Gasteiger partial charge in [-0.1, -0.05) is 13.8 Å². The van der Waals surface area contributed by atoms with Crippen LogP contribution in [0.2, 0.25) is 0 Å². The second kappa shape index (κ2) is 7.04. The normalized spacial score (nSPS) is 26.8. The van der Waals surface area contributed by atoms with Gasteiger partial charge >= 0.3 is 0 Å². The highest BCUT2D eigenvalue weighted by atomic mass is 16.1. The average molecular weight is 280 g/mol. The first-order valence-electron chi connectivity index (χ1n) is 8.47. The number of nitrogens with zero attached hydrogens (tertiary/aromatic N) is 2. The van der Waals surface area contributed by atoms with Crippen LogP contribution in [0.1, 0.15) is 47.0 Å². The highest BCUT2D eigenvalue weighted by Gasteiger charge is 2.31. The van der Waals surface area contributed by atoms with Crippen LogP contribution in [0.5, 0.6) is 0 Å². The minimum absolute atomic E-state index is 0.203. The van der Waals surface area contributed by atoms with Crippen LogP contribution in [0.15, 0.2) is 0 Å². The number of piperidine rings is 1. The number of hydrogen-bond acceptors (Lipinski definition) is 3. The molecular weight excluding hydrogens is 248 g/mol. The van der Waals surface area contributed by atoms with Crippen molar-refractivity contribution < 1.29 is 4.79 Å². The molecule has 2 fully saturated rings. The quantitative estimate of drug-likeness (QED) is 0.773. The summed E-state index contributed by atoms with van der Waals surface area (Å²) in [6, 6.07) is 0.691. The molecule has 20 heavy (non-hydrogen) atoms. The Morgan fingerprint density at radius 3 is 2.25 bits per heavy atom. The predicted octanol–water partition coefficient (Wildman–Crippen LogP) is 2.65. The molecule has 0 aromatic carbocycles. The molecule has 0 N–H and O–H groups in total. The summed E-state index contributed by atoms with van der Waals surface area (Å²) in [6.07, 6.45) is 3.75. The van der Waals surface area contributed by atoms with Crippen LogP contribution in [0.3, 0.4) is 0 Å². The summed E-state index contributed by atoms with van der Waals surface area (Å²) in [4.78, 5) is 17.2. The molecule has 1 atom stereocenters. The zero-order valence-corrected chi connectivity index (χ0v) is 13.8. The maximum absolute atomic E-state index is 12.1. The lowest BCUT2D eigenvalue weighted by molar-refractivity contribution is -0.125. The number of likely N-dealkylation sites (tertiary alicyclic amines) is 2. The van der Waals surface area contributed by atoms with E-state index in [0.29, 0.717) is 17.7 Å². The topological polar surface area (TPSA) is 23.6 Å². The van der Waals surface area contributed by atoms with Gasteiger partial charge in [-0.05, 0) is 58.7 Å². The fourth-order valence-corrected chi connectivity index (χ4v) is 3.72. The third-order valence-electron chi connectivity index (χ3n) is 5.14. The molecule has 0 bridgehead atoms. The van der Waals surface area contributed by atoms with E-state index in [1.54, 1.807) is 0 Å². The summed E-state index contributed by atoms with van der Waals surface area (Å²) < 4.78 is 0. The average Bonchev–Trinajstić information content (AvgIpc) is 2.86. The predicted molar refractivity (Wildman–Crippen MR) is 83.8 cm³/mol. The van der Waals surface area contributed by atoms with Gasteiger partial charge in [0.2, 0.25) is 0 Å². The number of ketones is 1. The monoisotopic (exact) mass is 280 g/mol. The van der Waals surface area contributed by atoms with E-state index in [1.165, 1.54) is 32.5 Å². The lowest BCUT2D eigenvalue weighted by atomic mass is 9.94. The number of hydrogen-bond donors (Lipinski definition) is 0. The van der Waals surface area contributed by atoms with Gasteiger partial charge in [-0.2, -0.15) is 0 Å². The van der Waals surface area contributed by atoms with Gasteiger partial charge in [0.05, 0.1) is 0 Å². The van der Waals surface area contributed by atoms with Gasteiger partial charge in [0.15, 0.2) is 0 Å². The molecule has 2 aliphatic rings. The van der Waals surface area contributed by atoms with E-state index in [9.17, 15) is 4.79 Å². The summed E-state index contributed by atoms with van der Waals surface area (Å²) in [7, 11) is 0. The molecule has 0 aromatic rings. The van der Waals surface area contributed by atoms with Crippen molar-refractivity contribution in [1.82, 2.24) is 9.80 Å². The van der Waals surface area contributed by atoms with Gasteiger partial charge in [-0.15, -0.1) is 0 Å². The highest BCUT2D eigenvalue weighted by Crippen LogP contribution is 2.25. The number of Topliss-reactive ketones (excluding diaryl/α,β-unsaturated/α-hetero) is 1. The number of rotatable bonds is 5. The first kappa shape index (κ1) is 16.0. The van der Waals surface area contributed by atoms with Gasteiger partial charge < -0.3 is 9.80 Å². The molecule has 3 nitrogen and oxygen atoms in total. The van der Waals surface area contributed by atoms with Gasteiger partial charge in [0.1, 0.15) is 5.78 Å². The van der Waals surface area contributed by atoms with Gasteiger partial charge in [-0.25, -0.2) is 0 Å². The van der Waals surface area contributed by atoms with Crippen molar-refractivity contribution in [2.45, 2.75) is 53.0 Å². The van der Waals surface area contributed by atoms with E-state index in [2.05, 4.69) is 23.6 Å². The van der Waals surface area contributed by atoms with E-state index in [1.807, 2.05) is 13.8 Å². The van der Waals surface area contributed by atoms with Crippen LogP contribution in [-0.4, -0.2) is 54.3 Å². The fourth-order valence-electron chi connectivity index (χ4n) is 3.72. The van der Waals surface area contributed by atoms with Crippen LogP contribution in [-0.2, 0) is 4.79 Å². The highest BCUT2D eigenvalue weighted by molar-refractivity contribution is 5.83. The van der Waals surface area contributed by atoms with Crippen molar-refractivity contribution in [1.29, 1.82) is 0 Å². The Morgan fingerprint density at radius 2 is 1.70 bits per heavy atom. The summed E-state index contributed by atoms with van der Waals surface area (Å²) >= 11 is 0.